The molecule has 0 aliphatic carbocycles. The normalized spacial score (nSPS) is 11.8. The number of nitrogens with zero attached hydrogens (tertiary/aromatic N) is 2. The fraction of sp³-hybridized carbons (Fsp3) is 0.429. The minimum Gasteiger partial charge on any atom is -0.369 e. The molecule has 20 heavy (non-hydrogen) atoms. The number of nitrogen functional groups attached to an aromatic ring is 1. The van der Waals surface area contributed by atoms with Crippen LogP contribution in [0.25, 0.3) is 11.0 Å². The number of hydrogen-bond acceptors (Lipinski definition) is 3. The van der Waals surface area contributed by atoms with Crippen molar-refractivity contribution in [3.05, 3.63) is 23.2 Å². The van der Waals surface area contributed by atoms with Gasteiger partial charge in [-0.05, 0) is 32.9 Å². The highest BCUT2D eigenvalue weighted by Crippen LogP contribution is 2.25. The summed E-state index contributed by atoms with van der Waals surface area (Å²) in [5, 5.41) is 3.48. The number of para-hydroxylation sites is 1. The lowest BCUT2D eigenvalue weighted by molar-refractivity contribution is -0.122. The van der Waals surface area contributed by atoms with Crippen molar-refractivity contribution in [3.8, 4) is 0 Å². The highest BCUT2D eigenvalue weighted by atomic mass is 35.5. The zero-order valence-corrected chi connectivity index (χ0v) is 12.7. The predicted molar refractivity (Wildman–Crippen MR) is 81.7 cm³/mol. The molecule has 2 aromatic rings. The topological polar surface area (TPSA) is 72.9 Å². The van der Waals surface area contributed by atoms with Crippen LogP contribution in [-0.4, -0.2) is 21.0 Å². The van der Waals surface area contributed by atoms with E-state index in [9.17, 15) is 4.79 Å². The Morgan fingerprint density at radius 2 is 2.15 bits per heavy atom. The highest BCUT2D eigenvalue weighted by Gasteiger charge is 2.15. The third-order valence-electron chi connectivity index (χ3n) is 2.84. The summed E-state index contributed by atoms with van der Waals surface area (Å²) in [6, 6.07) is 5.51. The number of aryl methyl sites for hydroxylation is 1. The number of fused-ring (bicyclic) bond motifs is 1. The van der Waals surface area contributed by atoms with Crippen LogP contribution in [0.2, 0.25) is 5.02 Å². The molecule has 0 unspecified atom stereocenters. The van der Waals surface area contributed by atoms with Crippen molar-refractivity contribution in [3.63, 3.8) is 0 Å². The number of rotatable bonds is 3. The first kappa shape index (κ1) is 14.7. The minimum atomic E-state index is -0.233. The molecule has 1 aromatic heterocycles. The van der Waals surface area contributed by atoms with Gasteiger partial charge in [0.15, 0.2) is 0 Å². The Hall–Kier alpha value is -1.75. The second-order valence-corrected chi connectivity index (χ2v) is 6.18. The van der Waals surface area contributed by atoms with E-state index in [0.717, 1.165) is 5.52 Å². The Morgan fingerprint density at radius 3 is 2.80 bits per heavy atom. The van der Waals surface area contributed by atoms with Gasteiger partial charge in [0.25, 0.3) is 0 Å². The van der Waals surface area contributed by atoms with E-state index in [1.807, 2.05) is 37.5 Å². The Balaban J connectivity index is 2.16. The molecule has 0 aliphatic heterocycles. The van der Waals surface area contributed by atoms with Crippen LogP contribution >= 0.6 is 11.6 Å². The molecular formula is C14H19ClN4O. The first-order valence-electron chi connectivity index (χ1n) is 6.49. The Morgan fingerprint density at radius 1 is 1.45 bits per heavy atom. The molecule has 5 nitrogen and oxygen atoms in total. The highest BCUT2D eigenvalue weighted by molar-refractivity contribution is 6.35. The number of carbonyl (C=O) groups is 1. The molecule has 1 amide bonds. The van der Waals surface area contributed by atoms with Gasteiger partial charge in [-0.2, -0.15) is 0 Å². The van der Waals surface area contributed by atoms with E-state index in [1.54, 1.807) is 6.07 Å². The summed E-state index contributed by atoms with van der Waals surface area (Å²) in [4.78, 5) is 16.1. The molecule has 3 N–H and O–H groups in total. The summed E-state index contributed by atoms with van der Waals surface area (Å²) in [5.41, 5.74) is 7.18. The molecule has 0 aliphatic rings. The van der Waals surface area contributed by atoms with Crippen LogP contribution in [0, 0.1) is 0 Å². The second-order valence-electron chi connectivity index (χ2n) is 5.78. The van der Waals surface area contributed by atoms with E-state index in [4.69, 9.17) is 17.3 Å². The summed E-state index contributed by atoms with van der Waals surface area (Å²) < 4.78 is 1.81. The second kappa shape index (κ2) is 5.32. The fourth-order valence-corrected chi connectivity index (χ4v) is 2.27. The van der Waals surface area contributed by atoms with Gasteiger partial charge in [0.1, 0.15) is 5.52 Å². The van der Waals surface area contributed by atoms with Gasteiger partial charge >= 0.3 is 0 Å². The Labute approximate surface area is 123 Å². The van der Waals surface area contributed by atoms with Gasteiger partial charge in [0.2, 0.25) is 11.9 Å². The first-order valence-corrected chi connectivity index (χ1v) is 6.87. The third-order valence-corrected chi connectivity index (χ3v) is 3.14. The van der Waals surface area contributed by atoms with Gasteiger partial charge in [0, 0.05) is 18.5 Å². The summed E-state index contributed by atoms with van der Waals surface area (Å²) in [7, 11) is 0. The van der Waals surface area contributed by atoms with Crippen molar-refractivity contribution in [2.24, 2.45) is 0 Å². The molecule has 0 atom stereocenters. The van der Waals surface area contributed by atoms with Crippen molar-refractivity contribution in [1.82, 2.24) is 14.9 Å². The van der Waals surface area contributed by atoms with Crippen LogP contribution in [0.1, 0.15) is 27.2 Å². The number of imidazole rings is 1. The summed E-state index contributed by atoms with van der Waals surface area (Å²) in [6.45, 7) is 6.33. The average molecular weight is 295 g/mol. The largest absolute Gasteiger partial charge is 0.369 e. The van der Waals surface area contributed by atoms with Crippen LogP contribution in [0.5, 0.6) is 0 Å². The van der Waals surface area contributed by atoms with Crippen LogP contribution in [0.3, 0.4) is 0 Å². The summed E-state index contributed by atoms with van der Waals surface area (Å²) in [5.74, 6) is 0.359. The van der Waals surface area contributed by atoms with Crippen LogP contribution < -0.4 is 11.1 Å². The third kappa shape index (κ3) is 3.22. The van der Waals surface area contributed by atoms with Gasteiger partial charge in [-0.1, -0.05) is 17.7 Å². The number of anilines is 1. The van der Waals surface area contributed by atoms with Gasteiger partial charge in [0.05, 0.1) is 10.5 Å². The van der Waals surface area contributed by atoms with E-state index in [2.05, 4.69) is 10.3 Å². The predicted octanol–water partition coefficient (Wildman–Crippen LogP) is 2.58. The number of halogens is 1. The number of nitrogens with two attached hydrogens (primary N) is 1. The molecular weight excluding hydrogens is 276 g/mol. The SMILES string of the molecule is CC(C)(C)NC(=O)CCn1c(N)nc2c(Cl)cccc21. The molecule has 0 saturated heterocycles. The zero-order chi connectivity index (χ0) is 14.9. The molecule has 6 heteroatoms. The van der Waals surface area contributed by atoms with Gasteiger partial charge in [-0.15, -0.1) is 0 Å². The van der Waals surface area contributed by atoms with Crippen molar-refractivity contribution < 1.29 is 4.79 Å². The number of benzene rings is 1. The number of hydrogen-bond donors (Lipinski definition) is 2. The maximum absolute atomic E-state index is 11.9. The van der Waals surface area contributed by atoms with Crippen LogP contribution in [-0.2, 0) is 11.3 Å². The zero-order valence-electron chi connectivity index (χ0n) is 11.9. The minimum absolute atomic E-state index is 0.0132. The van der Waals surface area contributed by atoms with E-state index < -0.39 is 0 Å². The summed E-state index contributed by atoms with van der Waals surface area (Å²) in [6.07, 6.45) is 0.347. The van der Waals surface area contributed by atoms with E-state index in [1.165, 1.54) is 0 Å². The lowest BCUT2D eigenvalue weighted by atomic mass is 10.1. The average Bonchev–Trinajstić information content (AvgIpc) is 2.62. The Kier molecular flexibility index (Phi) is 3.90. The maximum atomic E-state index is 11.9. The van der Waals surface area contributed by atoms with E-state index in [-0.39, 0.29) is 11.4 Å². The van der Waals surface area contributed by atoms with Crippen molar-refractivity contribution in [2.45, 2.75) is 39.3 Å². The monoisotopic (exact) mass is 294 g/mol. The maximum Gasteiger partial charge on any atom is 0.222 e. The van der Waals surface area contributed by atoms with E-state index in [0.29, 0.717) is 29.5 Å². The quantitative estimate of drug-likeness (QED) is 0.914. The molecule has 0 bridgehead atoms. The lowest BCUT2D eigenvalue weighted by Crippen LogP contribution is -2.40. The smallest absolute Gasteiger partial charge is 0.222 e. The Bertz CT molecular complexity index is 642. The lowest BCUT2D eigenvalue weighted by Gasteiger charge is -2.20. The van der Waals surface area contributed by atoms with Crippen molar-refractivity contribution in [1.29, 1.82) is 0 Å². The van der Waals surface area contributed by atoms with Gasteiger partial charge in [-0.25, -0.2) is 4.98 Å². The molecule has 0 saturated carbocycles. The van der Waals surface area contributed by atoms with Crippen LogP contribution in [0.4, 0.5) is 5.95 Å². The molecule has 0 spiro atoms. The fourth-order valence-electron chi connectivity index (χ4n) is 2.06. The number of nitrogens with one attached hydrogen (secondary N) is 1. The van der Waals surface area contributed by atoms with Crippen molar-refractivity contribution in [2.75, 3.05) is 5.73 Å². The number of amides is 1. The van der Waals surface area contributed by atoms with Crippen molar-refractivity contribution >= 4 is 34.5 Å². The molecule has 2 rings (SSSR count). The van der Waals surface area contributed by atoms with E-state index >= 15 is 0 Å². The molecule has 1 heterocycles. The number of carbonyl (C=O) groups excluding carboxylic acids is 1. The molecule has 0 fully saturated rings. The molecule has 1 aromatic carbocycles. The first-order chi connectivity index (χ1) is 9.28. The standard InChI is InChI=1S/C14H19ClN4O/c1-14(2,3)18-11(20)7-8-19-10-6-4-5-9(15)12(10)17-13(19)16/h4-6H,7-8H2,1-3H3,(H2,16,17)(H,18,20). The molecule has 0 radical (unpaired) electrons. The summed E-state index contributed by atoms with van der Waals surface area (Å²) >= 11 is 6.08. The van der Waals surface area contributed by atoms with Crippen LogP contribution in [0.15, 0.2) is 18.2 Å². The molecule has 108 valence electrons. The van der Waals surface area contributed by atoms with Gasteiger partial charge < -0.3 is 15.6 Å². The number of aromatic nitrogens is 2. The van der Waals surface area contributed by atoms with Gasteiger partial charge in [-0.3, -0.25) is 4.79 Å².